The largest absolute Gasteiger partial charge is 0.448 e. The van der Waals surface area contributed by atoms with Gasteiger partial charge >= 0.3 is 6.09 Å². The van der Waals surface area contributed by atoms with Gasteiger partial charge in [0.25, 0.3) is 5.91 Å². The van der Waals surface area contributed by atoms with E-state index in [1.165, 1.54) is 6.39 Å². The normalized spacial score (nSPS) is 11.6. The van der Waals surface area contributed by atoms with Crippen molar-refractivity contribution in [1.82, 2.24) is 10.3 Å². The summed E-state index contributed by atoms with van der Waals surface area (Å²) >= 11 is 5.83. The van der Waals surface area contributed by atoms with Gasteiger partial charge in [0, 0.05) is 10.7 Å². The van der Waals surface area contributed by atoms with E-state index in [0.29, 0.717) is 16.5 Å². The van der Waals surface area contributed by atoms with Crippen LogP contribution in [0.15, 0.2) is 59.3 Å². The summed E-state index contributed by atoms with van der Waals surface area (Å²) in [5.41, 5.74) is 2.56. The third kappa shape index (κ3) is 5.58. The Labute approximate surface area is 173 Å². The molecule has 1 heterocycles. The van der Waals surface area contributed by atoms with Gasteiger partial charge in [-0.3, -0.25) is 10.1 Å². The number of oxazole rings is 1. The van der Waals surface area contributed by atoms with Crippen molar-refractivity contribution < 1.29 is 18.7 Å². The van der Waals surface area contributed by atoms with E-state index in [1.54, 1.807) is 43.3 Å². The Morgan fingerprint density at radius 2 is 1.83 bits per heavy atom. The molecule has 2 aromatic carbocycles. The van der Waals surface area contributed by atoms with Gasteiger partial charge in [-0.05, 0) is 49.2 Å². The number of amides is 2. The molecule has 2 amide bonds. The second-order valence-corrected chi connectivity index (χ2v) is 6.84. The number of rotatable bonds is 6. The number of hydrogen-bond donors (Lipinski definition) is 2. The standard InChI is InChI=1S/C21H20ClN3O4/c1-13(24-20(26)19-14(2)29-12-23-19)16-5-9-18(10-6-16)25-21(27)28-11-15-3-7-17(22)8-4-15/h3-10,12-13H,11H2,1-2H3,(H,24,26)(H,25,27). The van der Waals surface area contributed by atoms with E-state index in [1.807, 2.05) is 19.1 Å². The van der Waals surface area contributed by atoms with Gasteiger partial charge in [0.2, 0.25) is 0 Å². The number of nitrogens with one attached hydrogen (secondary N) is 2. The predicted molar refractivity (Wildman–Crippen MR) is 109 cm³/mol. The fourth-order valence-corrected chi connectivity index (χ4v) is 2.74. The van der Waals surface area contributed by atoms with Crippen LogP contribution < -0.4 is 10.6 Å². The molecular formula is C21H20ClN3O4. The van der Waals surface area contributed by atoms with Crippen LogP contribution >= 0.6 is 11.6 Å². The second kappa shape index (κ2) is 9.25. The fourth-order valence-electron chi connectivity index (χ4n) is 2.61. The molecule has 0 aliphatic heterocycles. The number of halogens is 1. The van der Waals surface area contributed by atoms with Crippen molar-refractivity contribution in [2.45, 2.75) is 26.5 Å². The van der Waals surface area contributed by atoms with Crippen LogP contribution in [0.2, 0.25) is 5.02 Å². The first kappa shape index (κ1) is 20.4. The molecule has 3 aromatic rings. The van der Waals surface area contributed by atoms with Gasteiger partial charge in [-0.2, -0.15) is 0 Å². The molecule has 1 aromatic heterocycles. The molecule has 2 N–H and O–H groups in total. The Morgan fingerprint density at radius 3 is 2.45 bits per heavy atom. The third-order valence-corrected chi connectivity index (χ3v) is 4.50. The van der Waals surface area contributed by atoms with E-state index in [4.69, 9.17) is 20.8 Å². The molecule has 0 spiro atoms. The fraction of sp³-hybridized carbons (Fsp3) is 0.190. The van der Waals surface area contributed by atoms with Gasteiger partial charge in [-0.1, -0.05) is 35.9 Å². The Morgan fingerprint density at radius 1 is 1.14 bits per heavy atom. The molecule has 0 saturated heterocycles. The highest BCUT2D eigenvalue weighted by molar-refractivity contribution is 6.30. The molecule has 0 radical (unpaired) electrons. The quantitative estimate of drug-likeness (QED) is 0.600. The first-order valence-corrected chi connectivity index (χ1v) is 9.29. The van der Waals surface area contributed by atoms with E-state index in [9.17, 15) is 9.59 Å². The molecule has 150 valence electrons. The molecule has 8 heteroatoms. The summed E-state index contributed by atoms with van der Waals surface area (Å²) in [4.78, 5) is 28.1. The molecule has 0 fully saturated rings. The molecule has 0 aliphatic rings. The number of carbonyl (C=O) groups is 2. The van der Waals surface area contributed by atoms with Crippen molar-refractivity contribution in [2.75, 3.05) is 5.32 Å². The molecular weight excluding hydrogens is 394 g/mol. The minimum atomic E-state index is -0.560. The Hall–Kier alpha value is -3.32. The molecule has 0 aliphatic carbocycles. The Balaban J connectivity index is 1.51. The predicted octanol–water partition coefficient (Wildman–Crippen LogP) is 4.88. The van der Waals surface area contributed by atoms with Gasteiger partial charge in [-0.15, -0.1) is 0 Å². The van der Waals surface area contributed by atoms with E-state index >= 15 is 0 Å². The SMILES string of the molecule is Cc1ocnc1C(=O)NC(C)c1ccc(NC(=O)OCc2ccc(Cl)cc2)cc1. The molecule has 1 unspecified atom stereocenters. The lowest BCUT2D eigenvalue weighted by Gasteiger charge is -2.14. The number of hydrogen-bond acceptors (Lipinski definition) is 5. The van der Waals surface area contributed by atoms with Crippen LogP contribution in [0.3, 0.4) is 0 Å². The molecule has 1 atom stereocenters. The van der Waals surface area contributed by atoms with Crippen molar-refractivity contribution in [1.29, 1.82) is 0 Å². The first-order chi connectivity index (χ1) is 13.9. The lowest BCUT2D eigenvalue weighted by atomic mass is 10.1. The Bertz CT molecular complexity index is 984. The van der Waals surface area contributed by atoms with Crippen molar-refractivity contribution in [3.05, 3.63) is 82.5 Å². The topological polar surface area (TPSA) is 93.5 Å². The highest BCUT2D eigenvalue weighted by atomic mass is 35.5. The number of benzene rings is 2. The highest BCUT2D eigenvalue weighted by Crippen LogP contribution is 2.18. The molecule has 0 saturated carbocycles. The van der Waals surface area contributed by atoms with Crippen molar-refractivity contribution >= 4 is 29.3 Å². The van der Waals surface area contributed by atoms with Crippen LogP contribution in [0.5, 0.6) is 0 Å². The van der Waals surface area contributed by atoms with E-state index in [2.05, 4.69) is 15.6 Å². The highest BCUT2D eigenvalue weighted by Gasteiger charge is 2.16. The van der Waals surface area contributed by atoms with E-state index in [-0.39, 0.29) is 24.2 Å². The molecule has 0 bridgehead atoms. The maximum Gasteiger partial charge on any atom is 0.411 e. The smallest absolute Gasteiger partial charge is 0.411 e. The van der Waals surface area contributed by atoms with Crippen molar-refractivity contribution in [2.24, 2.45) is 0 Å². The van der Waals surface area contributed by atoms with Crippen LogP contribution in [0.1, 0.15) is 40.3 Å². The van der Waals surface area contributed by atoms with Crippen LogP contribution in [0, 0.1) is 6.92 Å². The van der Waals surface area contributed by atoms with Crippen molar-refractivity contribution in [3.63, 3.8) is 0 Å². The number of aromatic nitrogens is 1. The number of aryl methyl sites for hydroxylation is 1. The summed E-state index contributed by atoms with van der Waals surface area (Å²) in [6.45, 7) is 3.68. The Kier molecular flexibility index (Phi) is 6.51. The van der Waals surface area contributed by atoms with Gasteiger partial charge < -0.3 is 14.5 Å². The number of nitrogens with zero attached hydrogens (tertiary/aromatic N) is 1. The summed E-state index contributed by atoms with van der Waals surface area (Å²) < 4.78 is 10.2. The van der Waals surface area contributed by atoms with Gasteiger partial charge in [0.15, 0.2) is 12.1 Å². The van der Waals surface area contributed by atoms with E-state index < -0.39 is 6.09 Å². The lowest BCUT2D eigenvalue weighted by molar-refractivity contribution is 0.0934. The lowest BCUT2D eigenvalue weighted by Crippen LogP contribution is -2.27. The minimum absolute atomic E-state index is 0.144. The van der Waals surface area contributed by atoms with Crippen LogP contribution in [-0.2, 0) is 11.3 Å². The van der Waals surface area contributed by atoms with Crippen LogP contribution in [0.4, 0.5) is 10.5 Å². The van der Waals surface area contributed by atoms with Gasteiger partial charge in [0.05, 0.1) is 6.04 Å². The molecule has 7 nitrogen and oxygen atoms in total. The maximum absolute atomic E-state index is 12.2. The van der Waals surface area contributed by atoms with Crippen molar-refractivity contribution in [3.8, 4) is 0 Å². The summed E-state index contributed by atoms with van der Waals surface area (Å²) in [6, 6.07) is 13.9. The number of carbonyl (C=O) groups excluding carboxylic acids is 2. The molecule has 3 rings (SSSR count). The summed E-state index contributed by atoms with van der Waals surface area (Å²) in [5.74, 6) is 0.156. The zero-order chi connectivity index (χ0) is 20.8. The van der Waals surface area contributed by atoms with Crippen LogP contribution in [0.25, 0.3) is 0 Å². The average Bonchev–Trinajstić information content (AvgIpc) is 3.14. The summed E-state index contributed by atoms with van der Waals surface area (Å²) in [5, 5.41) is 6.15. The monoisotopic (exact) mass is 413 g/mol. The molecule has 29 heavy (non-hydrogen) atoms. The maximum atomic E-state index is 12.2. The zero-order valence-electron chi connectivity index (χ0n) is 15.9. The second-order valence-electron chi connectivity index (χ2n) is 6.40. The minimum Gasteiger partial charge on any atom is -0.448 e. The number of anilines is 1. The number of ether oxygens (including phenoxy) is 1. The third-order valence-electron chi connectivity index (χ3n) is 4.25. The zero-order valence-corrected chi connectivity index (χ0v) is 16.7. The van der Waals surface area contributed by atoms with E-state index in [0.717, 1.165) is 11.1 Å². The summed E-state index contributed by atoms with van der Waals surface area (Å²) in [6.07, 6.45) is 0.678. The summed E-state index contributed by atoms with van der Waals surface area (Å²) in [7, 11) is 0. The first-order valence-electron chi connectivity index (χ1n) is 8.91. The van der Waals surface area contributed by atoms with Gasteiger partial charge in [0.1, 0.15) is 12.4 Å². The van der Waals surface area contributed by atoms with Crippen LogP contribution in [-0.4, -0.2) is 17.0 Å². The van der Waals surface area contributed by atoms with Gasteiger partial charge in [-0.25, -0.2) is 9.78 Å². The average molecular weight is 414 g/mol.